The Morgan fingerprint density at radius 2 is 1.77 bits per heavy atom. The highest BCUT2D eigenvalue weighted by molar-refractivity contribution is 5.76. The van der Waals surface area contributed by atoms with Crippen LogP contribution in [0.3, 0.4) is 0 Å². The number of carbonyl (C=O) groups is 1. The maximum absolute atomic E-state index is 12.6. The molecule has 1 aliphatic heterocycles. The fourth-order valence-corrected chi connectivity index (χ4v) is 3.68. The van der Waals surface area contributed by atoms with E-state index >= 15 is 0 Å². The zero-order valence-electron chi connectivity index (χ0n) is 17.3. The molecule has 1 amide bonds. The molecule has 0 radical (unpaired) electrons. The predicted octanol–water partition coefficient (Wildman–Crippen LogP) is 3.63. The number of ether oxygens (including phenoxy) is 1. The molecule has 6 nitrogen and oxygen atoms in total. The van der Waals surface area contributed by atoms with Gasteiger partial charge in [0, 0.05) is 51.1 Å². The van der Waals surface area contributed by atoms with Crippen LogP contribution in [0.1, 0.15) is 17.9 Å². The first-order valence-corrected chi connectivity index (χ1v) is 10.3. The van der Waals surface area contributed by atoms with E-state index in [9.17, 15) is 4.79 Å². The number of benzene rings is 2. The first-order chi connectivity index (χ1) is 14.7. The van der Waals surface area contributed by atoms with Crippen molar-refractivity contribution in [2.75, 3.05) is 33.3 Å². The average Bonchev–Trinajstić information content (AvgIpc) is 3.28. The summed E-state index contributed by atoms with van der Waals surface area (Å²) in [5.41, 5.74) is 2.25. The van der Waals surface area contributed by atoms with Gasteiger partial charge in [-0.3, -0.25) is 9.69 Å². The van der Waals surface area contributed by atoms with Crippen LogP contribution >= 0.6 is 0 Å². The molecule has 2 aromatic carbocycles. The van der Waals surface area contributed by atoms with Gasteiger partial charge in [-0.05, 0) is 29.8 Å². The highest BCUT2D eigenvalue weighted by Gasteiger charge is 2.21. The first kappa shape index (κ1) is 20.2. The number of amides is 1. The number of oxazole rings is 1. The minimum atomic E-state index is 0.165. The highest BCUT2D eigenvalue weighted by Crippen LogP contribution is 2.23. The Hall–Kier alpha value is -3.12. The Kier molecular flexibility index (Phi) is 6.44. The second kappa shape index (κ2) is 9.59. The molecule has 0 atom stereocenters. The van der Waals surface area contributed by atoms with Gasteiger partial charge < -0.3 is 14.1 Å². The van der Waals surface area contributed by atoms with Crippen molar-refractivity contribution in [2.24, 2.45) is 0 Å². The number of nitrogens with zero attached hydrogens (tertiary/aromatic N) is 3. The Balaban J connectivity index is 1.24. The van der Waals surface area contributed by atoms with Gasteiger partial charge in [-0.2, -0.15) is 0 Å². The minimum Gasteiger partial charge on any atom is -0.497 e. The van der Waals surface area contributed by atoms with E-state index in [0.717, 1.165) is 44.0 Å². The van der Waals surface area contributed by atoms with Gasteiger partial charge in [0.25, 0.3) is 0 Å². The first-order valence-electron chi connectivity index (χ1n) is 10.3. The van der Waals surface area contributed by atoms with Gasteiger partial charge in [-0.25, -0.2) is 4.98 Å². The topological polar surface area (TPSA) is 58.8 Å². The molecule has 0 N–H and O–H groups in total. The van der Waals surface area contributed by atoms with Crippen molar-refractivity contribution >= 4 is 5.91 Å². The SMILES string of the molecule is COc1ccc(-c2cnc(CCC(=O)N3CCN(Cc4ccccc4)CC3)o2)cc1. The van der Waals surface area contributed by atoms with E-state index in [-0.39, 0.29) is 5.91 Å². The van der Waals surface area contributed by atoms with Gasteiger partial charge in [0.15, 0.2) is 11.7 Å². The second-order valence-electron chi connectivity index (χ2n) is 7.49. The number of piperazine rings is 1. The maximum atomic E-state index is 12.6. The third-order valence-corrected chi connectivity index (χ3v) is 5.45. The fourth-order valence-electron chi connectivity index (χ4n) is 3.68. The molecule has 1 aromatic heterocycles. The normalized spacial score (nSPS) is 14.6. The lowest BCUT2D eigenvalue weighted by molar-refractivity contribution is -0.133. The van der Waals surface area contributed by atoms with Crippen molar-refractivity contribution in [3.63, 3.8) is 0 Å². The van der Waals surface area contributed by atoms with Gasteiger partial charge in [0.1, 0.15) is 5.75 Å². The van der Waals surface area contributed by atoms with Crippen LogP contribution in [0.2, 0.25) is 0 Å². The van der Waals surface area contributed by atoms with Crippen molar-refractivity contribution in [3.05, 3.63) is 72.2 Å². The molecule has 1 fully saturated rings. The molecule has 156 valence electrons. The third-order valence-electron chi connectivity index (χ3n) is 5.45. The molecule has 0 saturated carbocycles. The summed E-state index contributed by atoms with van der Waals surface area (Å²) in [4.78, 5) is 21.3. The third kappa shape index (κ3) is 5.07. The van der Waals surface area contributed by atoms with Crippen LogP contribution in [0, 0.1) is 0 Å². The summed E-state index contributed by atoms with van der Waals surface area (Å²) in [5.74, 6) is 2.26. The van der Waals surface area contributed by atoms with Crippen LogP contribution in [-0.2, 0) is 17.8 Å². The molecule has 2 heterocycles. The second-order valence-corrected chi connectivity index (χ2v) is 7.49. The molecule has 6 heteroatoms. The van der Waals surface area contributed by atoms with Crippen LogP contribution in [0.25, 0.3) is 11.3 Å². The molecular formula is C24H27N3O3. The van der Waals surface area contributed by atoms with Crippen LogP contribution in [0.4, 0.5) is 0 Å². The lowest BCUT2D eigenvalue weighted by Gasteiger charge is -2.34. The summed E-state index contributed by atoms with van der Waals surface area (Å²) in [6, 6.07) is 18.1. The Bertz CT molecular complexity index is 945. The molecule has 0 bridgehead atoms. The van der Waals surface area contributed by atoms with Gasteiger partial charge in [0.2, 0.25) is 5.91 Å². The largest absolute Gasteiger partial charge is 0.497 e. The number of rotatable bonds is 7. The quantitative estimate of drug-likeness (QED) is 0.601. The predicted molar refractivity (Wildman–Crippen MR) is 115 cm³/mol. The van der Waals surface area contributed by atoms with Gasteiger partial charge in [0.05, 0.1) is 13.3 Å². The summed E-state index contributed by atoms with van der Waals surface area (Å²) in [6.07, 6.45) is 2.64. The maximum Gasteiger partial charge on any atom is 0.223 e. The monoisotopic (exact) mass is 405 g/mol. The number of aromatic nitrogens is 1. The highest BCUT2D eigenvalue weighted by atomic mass is 16.5. The average molecular weight is 405 g/mol. The minimum absolute atomic E-state index is 0.165. The Morgan fingerprint density at radius 3 is 2.47 bits per heavy atom. The standard InChI is InChI=1S/C24H27N3O3/c1-29-21-9-7-20(8-10-21)22-17-25-23(30-22)11-12-24(28)27-15-13-26(14-16-27)18-19-5-3-2-4-6-19/h2-10,17H,11-16,18H2,1H3. The number of aryl methyl sites for hydroxylation is 1. The van der Waals surface area contributed by atoms with E-state index in [4.69, 9.17) is 9.15 Å². The Labute approximate surface area is 177 Å². The van der Waals surface area contributed by atoms with Crippen LogP contribution in [0.5, 0.6) is 5.75 Å². The van der Waals surface area contributed by atoms with E-state index in [1.54, 1.807) is 13.3 Å². The van der Waals surface area contributed by atoms with Crippen molar-refractivity contribution < 1.29 is 13.9 Å². The van der Waals surface area contributed by atoms with E-state index in [1.807, 2.05) is 35.2 Å². The lowest BCUT2D eigenvalue weighted by atomic mass is 10.2. The van der Waals surface area contributed by atoms with E-state index in [0.29, 0.717) is 24.5 Å². The van der Waals surface area contributed by atoms with E-state index in [2.05, 4.69) is 34.1 Å². The molecule has 0 unspecified atom stereocenters. The van der Waals surface area contributed by atoms with E-state index in [1.165, 1.54) is 5.56 Å². The van der Waals surface area contributed by atoms with Crippen molar-refractivity contribution in [1.82, 2.24) is 14.8 Å². The van der Waals surface area contributed by atoms with Crippen molar-refractivity contribution in [3.8, 4) is 17.1 Å². The number of hydrogen-bond donors (Lipinski definition) is 0. The summed E-state index contributed by atoms with van der Waals surface area (Å²) < 4.78 is 11.0. The van der Waals surface area contributed by atoms with E-state index < -0.39 is 0 Å². The molecule has 0 spiro atoms. The van der Waals surface area contributed by atoms with Crippen LogP contribution in [0.15, 0.2) is 65.2 Å². The van der Waals surface area contributed by atoms with Crippen molar-refractivity contribution in [1.29, 1.82) is 0 Å². The zero-order chi connectivity index (χ0) is 20.8. The molecule has 1 saturated heterocycles. The van der Waals surface area contributed by atoms with Crippen LogP contribution in [-0.4, -0.2) is 54.0 Å². The summed E-state index contributed by atoms with van der Waals surface area (Å²) in [6.45, 7) is 4.29. The summed E-state index contributed by atoms with van der Waals surface area (Å²) in [7, 11) is 1.64. The number of carbonyl (C=O) groups excluding carboxylic acids is 1. The Morgan fingerprint density at radius 1 is 1.03 bits per heavy atom. The van der Waals surface area contributed by atoms with Crippen LogP contribution < -0.4 is 4.74 Å². The smallest absolute Gasteiger partial charge is 0.223 e. The molecule has 30 heavy (non-hydrogen) atoms. The van der Waals surface area contributed by atoms with Crippen molar-refractivity contribution in [2.45, 2.75) is 19.4 Å². The molecule has 3 aromatic rings. The zero-order valence-corrected chi connectivity index (χ0v) is 17.3. The molecule has 4 rings (SSSR count). The molecule has 0 aliphatic carbocycles. The lowest BCUT2D eigenvalue weighted by Crippen LogP contribution is -2.48. The molecular weight excluding hydrogens is 378 g/mol. The van der Waals surface area contributed by atoms with Gasteiger partial charge >= 0.3 is 0 Å². The number of hydrogen-bond acceptors (Lipinski definition) is 5. The molecule has 1 aliphatic rings. The fraction of sp³-hybridized carbons (Fsp3) is 0.333. The van der Waals surface area contributed by atoms with Gasteiger partial charge in [-0.15, -0.1) is 0 Å². The summed E-state index contributed by atoms with van der Waals surface area (Å²) >= 11 is 0. The summed E-state index contributed by atoms with van der Waals surface area (Å²) in [5, 5.41) is 0. The van der Waals surface area contributed by atoms with Gasteiger partial charge in [-0.1, -0.05) is 30.3 Å². The number of methoxy groups -OCH3 is 1.